The molecule has 1 aromatic carbocycles. The minimum Gasteiger partial charge on any atom is -0.475 e. The maximum Gasteiger partial charge on any atom is 0.490 e. The monoisotopic (exact) mass is 496 g/mol. The number of fused-ring (bicyclic) bond motifs is 1. The summed E-state index contributed by atoms with van der Waals surface area (Å²) in [5.74, 6) is -3.73. The van der Waals surface area contributed by atoms with Gasteiger partial charge in [-0.1, -0.05) is 6.07 Å². The normalized spacial score (nSPS) is 21.0. The quantitative estimate of drug-likeness (QED) is 0.514. The molecule has 14 heteroatoms. The largest absolute Gasteiger partial charge is 0.490 e. The zero-order chi connectivity index (χ0) is 26.0. The number of amides is 1. The summed E-state index contributed by atoms with van der Waals surface area (Å²) in [4.78, 5) is 31.0. The zero-order valence-corrected chi connectivity index (χ0v) is 17.7. The van der Waals surface area contributed by atoms with E-state index in [1.807, 2.05) is 6.07 Å². The van der Waals surface area contributed by atoms with Crippen molar-refractivity contribution in [2.45, 2.75) is 24.4 Å². The Labute approximate surface area is 194 Å². The number of nitrogens with zero attached hydrogens (tertiary/aromatic N) is 4. The van der Waals surface area contributed by atoms with E-state index in [2.05, 4.69) is 15.3 Å². The molecule has 1 saturated heterocycles. The van der Waals surface area contributed by atoms with Gasteiger partial charge in [0.05, 0.1) is 17.7 Å². The number of carbonyl (C=O) groups excluding carboxylic acids is 1. The summed E-state index contributed by atoms with van der Waals surface area (Å²) in [6, 6.07) is 9.19. The van der Waals surface area contributed by atoms with Gasteiger partial charge in [0.25, 0.3) is 5.91 Å². The molecule has 1 fully saturated rings. The van der Waals surface area contributed by atoms with Gasteiger partial charge in [0.2, 0.25) is 0 Å². The summed E-state index contributed by atoms with van der Waals surface area (Å²) in [7, 11) is 0. The highest BCUT2D eigenvalue weighted by Crippen LogP contribution is 2.36. The first-order valence-electron chi connectivity index (χ1n) is 9.90. The number of aliphatic carboxylic acids is 1. The first-order chi connectivity index (χ1) is 16.4. The first kappa shape index (κ1) is 25.3. The van der Waals surface area contributed by atoms with Crippen molar-refractivity contribution >= 4 is 23.4 Å². The molecule has 2 atom stereocenters. The van der Waals surface area contributed by atoms with Crippen molar-refractivity contribution < 1.29 is 36.6 Å². The van der Waals surface area contributed by atoms with Gasteiger partial charge >= 0.3 is 12.1 Å². The Bertz CT molecular complexity index is 1210. The van der Waals surface area contributed by atoms with Crippen LogP contribution in [0.5, 0.6) is 0 Å². The zero-order valence-electron chi connectivity index (χ0n) is 17.7. The van der Waals surface area contributed by atoms with E-state index in [9.17, 15) is 22.4 Å². The third kappa shape index (κ3) is 5.29. The van der Waals surface area contributed by atoms with Gasteiger partial charge < -0.3 is 21.1 Å². The standard InChI is InChI=1S/C19H16F2N6O.C2HF3O2/c20-13-2-1-3-14-16(13)17(23)26-19(25-14)6-7-27(10-15(19)21)18(28)11-4-5-12(8-22)24-9-11;3-2(4,5)1(6)7/h1-5,9,15,25H,6-7,10H2,(H2,23,26);(H,6,7). The summed E-state index contributed by atoms with van der Waals surface area (Å²) >= 11 is 0. The van der Waals surface area contributed by atoms with Crippen LogP contribution in [-0.2, 0) is 4.79 Å². The Kier molecular flexibility index (Phi) is 6.90. The van der Waals surface area contributed by atoms with Gasteiger partial charge in [0.1, 0.15) is 23.4 Å². The molecule has 1 amide bonds. The fraction of sp³-hybridized carbons (Fsp3) is 0.286. The van der Waals surface area contributed by atoms with Gasteiger partial charge in [-0.2, -0.15) is 18.4 Å². The number of hydrogen-bond acceptors (Lipinski definition) is 7. The van der Waals surface area contributed by atoms with Crippen LogP contribution in [0, 0.1) is 17.1 Å². The fourth-order valence-corrected chi connectivity index (χ4v) is 3.54. The SMILES string of the molecule is N#Cc1ccc(C(=O)N2CCC3(N=C(N)c4c(F)cccc4N3)C(F)C2)cn1.O=C(O)C(F)(F)F. The van der Waals surface area contributed by atoms with Crippen molar-refractivity contribution in [1.82, 2.24) is 9.88 Å². The number of carbonyl (C=O) groups is 2. The number of anilines is 1. The van der Waals surface area contributed by atoms with Crippen LogP contribution in [0.4, 0.5) is 27.6 Å². The van der Waals surface area contributed by atoms with Gasteiger partial charge in [-0.15, -0.1) is 0 Å². The average molecular weight is 496 g/mol. The minimum atomic E-state index is -5.08. The molecule has 0 aliphatic carbocycles. The maximum atomic E-state index is 15.2. The van der Waals surface area contributed by atoms with Crippen LogP contribution < -0.4 is 11.1 Å². The summed E-state index contributed by atoms with van der Waals surface area (Å²) < 4.78 is 60.9. The topological polar surface area (TPSA) is 145 Å². The number of carboxylic acids is 1. The summed E-state index contributed by atoms with van der Waals surface area (Å²) in [6.07, 6.45) is -5.17. The van der Waals surface area contributed by atoms with Crippen LogP contribution >= 0.6 is 0 Å². The van der Waals surface area contributed by atoms with E-state index in [0.717, 1.165) is 0 Å². The van der Waals surface area contributed by atoms with E-state index in [1.165, 1.54) is 35.4 Å². The Morgan fingerprint density at radius 3 is 2.51 bits per heavy atom. The van der Waals surface area contributed by atoms with Crippen LogP contribution in [0.1, 0.15) is 28.0 Å². The predicted octanol–water partition coefficient (Wildman–Crippen LogP) is 2.44. The number of aromatic nitrogens is 1. The number of carboxylic acid groups (broad SMARTS) is 1. The van der Waals surface area contributed by atoms with Crippen molar-refractivity contribution in [1.29, 1.82) is 5.26 Å². The Balaban J connectivity index is 0.000000429. The number of alkyl halides is 4. The summed E-state index contributed by atoms with van der Waals surface area (Å²) in [5.41, 5.74) is 5.55. The second-order valence-corrected chi connectivity index (χ2v) is 7.52. The van der Waals surface area contributed by atoms with Crippen LogP contribution in [0.3, 0.4) is 0 Å². The van der Waals surface area contributed by atoms with Crippen molar-refractivity contribution in [2.75, 3.05) is 18.4 Å². The number of nitrogens with one attached hydrogen (secondary N) is 1. The number of halogens is 5. The van der Waals surface area contributed by atoms with Crippen LogP contribution in [0.2, 0.25) is 0 Å². The molecule has 2 unspecified atom stereocenters. The van der Waals surface area contributed by atoms with Gasteiger partial charge in [-0.25, -0.2) is 23.6 Å². The van der Waals surface area contributed by atoms with Crippen molar-refractivity contribution in [3.8, 4) is 6.07 Å². The molecule has 0 radical (unpaired) electrons. The molecular weight excluding hydrogens is 479 g/mol. The smallest absolute Gasteiger partial charge is 0.475 e. The van der Waals surface area contributed by atoms with E-state index in [-0.39, 0.29) is 48.1 Å². The molecule has 184 valence electrons. The number of aliphatic imine (C=N–C) groups is 1. The molecule has 3 heterocycles. The van der Waals surface area contributed by atoms with Crippen molar-refractivity contribution in [3.05, 3.63) is 59.2 Å². The molecule has 4 rings (SSSR count). The first-order valence-corrected chi connectivity index (χ1v) is 9.90. The van der Waals surface area contributed by atoms with Crippen molar-refractivity contribution in [2.24, 2.45) is 10.7 Å². The number of hydrogen-bond donors (Lipinski definition) is 3. The van der Waals surface area contributed by atoms with Crippen LogP contribution in [0.25, 0.3) is 0 Å². The highest BCUT2D eigenvalue weighted by atomic mass is 19.4. The lowest BCUT2D eigenvalue weighted by Gasteiger charge is -2.44. The molecule has 0 saturated carbocycles. The Hall–Kier alpha value is -4.28. The van der Waals surface area contributed by atoms with Gasteiger partial charge in [-0.05, 0) is 24.3 Å². The third-order valence-corrected chi connectivity index (χ3v) is 5.26. The van der Waals surface area contributed by atoms with Gasteiger partial charge in [-0.3, -0.25) is 4.79 Å². The van der Waals surface area contributed by atoms with Gasteiger partial charge in [0, 0.05) is 24.8 Å². The van der Waals surface area contributed by atoms with E-state index in [0.29, 0.717) is 5.69 Å². The van der Waals surface area contributed by atoms with Gasteiger partial charge in [0.15, 0.2) is 11.8 Å². The van der Waals surface area contributed by atoms with E-state index in [1.54, 1.807) is 6.07 Å². The van der Waals surface area contributed by atoms with Crippen molar-refractivity contribution in [3.63, 3.8) is 0 Å². The lowest BCUT2D eigenvalue weighted by molar-refractivity contribution is -0.192. The van der Waals surface area contributed by atoms with Crippen LogP contribution in [-0.4, -0.2) is 63.8 Å². The number of nitriles is 1. The Morgan fingerprint density at radius 2 is 1.97 bits per heavy atom. The number of nitrogens with two attached hydrogens (primary N) is 1. The Morgan fingerprint density at radius 1 is 1.29 bits per heavy atom. The lowest BCUT2D eigenvalue weighted by Crippen LogP contribution is -2.59. The number of piperidine rings is 1. The molecule has 2 aliphatic heterocycles. The van der Waals surface area contributed by atoms with E-state index in [4.69, 9.17) is 20.9 Å². The molecule has 1 aromatic heterocycles. The number of benzene rings is 1. The minimum absolute atomic E-state index is 0.0643. The highest BCUT2D eigenvalue weighted by Gasteiger charge is 2.47. The second kappa shape index (κ2) is 9.53. The second-order valence-electron chi connectivity index (χ2n) is 7.52. The molecule has 0 bridgehead atoms. The predicted molar refractivity (Wildman–Crippen MR) is 112 cm³/mol. The molecule has 1 spiro atoms. The average Bonchev–Trinajstić information content (AvgIpc) is 2.80. The molecule has 35 heavy (non-hydrogen) atoms. The van der Waals surface area contributed by atoms with Crippen LogP contribution in [0.15, 0.2) is 41.5 Å². The molecule has 2 aliphatic rings. The third-order valence-electron chi connectivity index (χ3n) is 5.26. The summed E-state index contributed by atoms with van der Waals surface area (Å²) in [5, 5.41) is 18.9. The molecular formula is C21H17F5N6O3. The molecule has 9 nitrogen and oxygen atoms in total. The maximum absolute atomic E-state index is 15.2. The number of rotatable bonds is 1. The van der Waals surface area contributed by atoms with E-state index < -0.39 is 29.8 Å². The number of pyridine rings is 1. The number of likely N-dealkylation sites (tertiary alicyclic amines) is 1. The molecule has 4 N–H and O–H groups in total. The van der Waals surface area contributed by atoms with E-state index >= 15 is 4.39 Å². The highest BCUT2D eigenvalue weighted by molar-refractivity contribution is 6.04. The number of amidine groups is 1. The fourth-order valence-electron chi connectivity index (χ4n) is 3.54. The molecule has 2 aromatic rings. The summed E-state index contributed by atoms with van der Waals surface area (Å²) in [6.45, 7) is 0.0287. The lowest BCUT2D eigenvalue weighted by atomic mass is 9.91.